The molecule has 106 valence electrons. The molecule has 0 aromatic heterocycles. The first-order chi connectivity index (χ1) is 9.66. The van der Waals surface area contributed by atoms with Crippen molar-refractivity contribution in [2.45, 2.75) is 17.9 Å². The number of nitrogens with two attached hydrogens (primary N) is 1. The van der Waals surface area contributed by atoms with Crippen LogP contribution in [0.5, 0.6) is 5.75 Å². The lowest BCUT2D eigenvalue weighted by atomic mass is 10.1. The molecule has 0 aliphatic heterocycles. The van der Waals surface area contributed by atoms with Crippen LogP contribution in [-0.2, 0) is 0 Å². The van der Waals surface area contributed by atoms with Crippen molar-refractivity contribution >= 4 is 11.8 Å². The van der Waals surface area contributed by atoms with E-state index in [0.717, 1.165) is 5.75 Å². The van der Waals surface area contributed by atoms with Gasteiger partial charge in [0.1, 0.15) is 11.6 Å². The Balaban J connectivity index is 1.88. The standard InChI is InChI=1S/C16H18FNOS/c1-12(18)15-11-13(17)7-8-16(15)19-9-10-20-14-5-3-2-4-6-14/h2-8,11-12H,9-10,18H2,1H3/t12-/m0/s1. The maximum Gasteiger partial charge on any atom is 0.124 e. The highest BCUT2D eigenvalue weighted by Crippen LogP contribution is 2.25. The first-order valence-electron chi connectivity index (χ1n) is 6.52. The van der Waals surface area contributed by atoms with Gasteiger partial charge in [-0.15, -0.1) is 11.8 Å². The zero-order valence-electron chi connectivity index (χ0n) is 11.4. The van der Waals surface area contributed by atoms with Crippen molar-refractivity contribution in [2.75, 3.05) is 12.4 Å². The van der Waals surface area contributed by atoms with E-state index >= 15 is 0 Å². The molecule has 0 fully saturated rings. The molecule has 0 spiro atoms. The first-order valence-corrected chi connectivity index (χ1v) is 7.51. The molecule has 0 unspecified atom stereocenters. The molecule has 0 aliphatic carbocycles. The molecule has 0 saturated carbocycles. The second-order valence-electron chi connectivity index (χ2n) is 4.48. The average molecular weight is 291 g/mol. The molecule has 0 amide bonds. The van der Waals surface area contributed by atoms with E-state index in [0.29, 0.717) is 17.9 Å². The molecule has 2 aromatic rings. The van der Waals surface area contributed by atoms with Crippen molar-refractivity contribution in [2.24, 2.45) is 5.73 Å². The SMILES string of the molecule is C[C@H](N)c1cc(F)ccc1OCCSc1ccccc1. The lowest BCUT2D eigenvalue weighted by molar-refractivity contribution is 0.337. The molecule has 0 radical (unpaired) electrons. The Morgan fingerprint density at radius 3 is 2.65 bits per heavy atom. The van der Waals surface area contributed by atoms with Crippen molar-refractivity contribution in [1.29, 1.82) is 0 Å². The summed E-state index contributed by atoms with van der Waals surface area (Å²) >= 11 is 1.73. The van der Waals surface area contributed by atoms with Crippen LogP contribution in [-0.4, -0.2) is 12.4 Å². The maximum absolute atomic E-state index is 13.2. The van der Waals surface area contributed by atoms with Crippen molar-refractivity contribution in [3.63, 3.8) is 0 Å². The number of hydrogen-bond donors (Lipinski definition) is 1. The minimum atomic E-state index is -0.289. The van der Waals surface area contributed by atoms with E-state index in [1.54, 1.807) is 17.8 Å². The highest BCUT2D eigenvalue weighted by Gasteiger charge is 2.09. The Labute approximate surface area is 123 Å². The van der Waals surface area contributed by atoms with Gasteiger partial charge in [0.2, 0.25) is 0 Å². The molecule has 2 rings (SSSR count). The van der Waals surface area contributed by atoms with Crippen molar-refractivity contribution in [3.05, 3.63) is 59.9 Å². The van der Waals surface area contributed by atoms with Crippen LogP contribution in [0.15, 0.2) is 53.4 Å². The highest BCUT2D eigenvalue weighted by atomic mass is 32.2. The molecular weight excluding hydrogens is 273 g/mol. The molecule has 2 N–H and O–H groups in total. The zero-order chi connectivity index (χ0) is 14.4. The van der Waals surface area contributed by atoms with E-state index in [2.05, 4.69) is 12.1 Å². The maximum atomic E-state index is 13.2. The van der Waals surface area contributed by atoms with Gasteiger partial charge in [0.25, 0.3) is 0 Å². The summed E-state index contributed by atoms with van der Waals surface area (Å²) in [5.74, 6) is 1.21. The van der Waals surface area contributed by atoms with Crippen LogP contribution >= 0.6 is 11.8 Å². The Bertz CT molecular complexity index is 545. The van der Waals surface area contributed by atoms with Gasteiger partial charge in [-0.25, -0.2) is 4.39 Å². The van der Waals surface area contributed by atoms with E-state index in [9.17, 15) is 4.39 Å². The van der Waals surface area contributed by atoms with Crippen LogP contribution in [0, 0.1) is 5.82 Å². The molecule has 2 nitrogen and oxygen atoms in total. The fourth-order valence-electron chi connectivity index (χ4n) is 1.83. The minimum absolute atomic E-state index is 0.248. The fourth-order valence-corrected chi connectivity index (χ4v) is 2.59. The highest BCUT2D eigenvalue weighted by molar-refractivity contribution is 7.99. The summed E-state index contributed by atoms with van der Waals surface area (Å²) in [5.41, 5.74) is 6.53. The molecule has 4 heteroatoms. The van der Waals surface area contributed by atoms with Crippen LogP contribution in [0.2, 0.25) is 0 Å². The minimum Gasteiger partial charge on any atom is -0.492 e. The smallest absolute Gasteiger partial charge is 0.124 e. The molecule has 20 heavy (non-hydrogen) atoms. The monoisotopic (exact) mass is 291 g/mol. The Morgan fingerprint density at radius 2 is 1.95 bits per heavy atom. The molecule has 0 aliphatic rings. The number of ether oxygens (including phenoxy) is 1. The van der Waals surface area contributed by atoms with E-state index in [1.807, 2.05) is 25.1 Å². The van der Waals surface area contributed by atoms with Gasteiger partial charge >= 0.3 is 0 Å². The average Bonchev–Trinajstić information content (AvgIpc) is 2.45. The number of halogens is 1. The number of thioether (sulfide) groups is 1. The van der Waals surface area contributed by atoms with Gasteiger partial charge in [-0.3, -0.25) is 0 Å². The number of benzene rings is 2. The topological polar surface area (TPSA) is 35.2 Å². The summed E-state index contributed by atoms with van der Waals surface area (Å²) in [6.45, 7) is 2.38. The molecular formula is C16H18FNOS. The van der Waals surface area contributed by atoms with Crippen LogP contribution in [0.25, 0.3) is 0 Å². The summed E-state index contributed by atoms with van der Waals surface area (Å²) in [7, 11) is 0. The predicted molar refractivity (Wildman–Crippen MR) is 81.7 cm³/mol. The van der Waals surface area contributed by atoms with Gasteiger partial charge in [-0.2, -0.15) is 0 Å². The van der Waals surface area contributed by atoms with Crippen LogP contribution in [0.3, 0.4) is 0 Å². The second-order valence-corrected chi connectivity index (χ2v) is 5.65. The molecule has 1 atom stereocenters. The third kappa shape index (κ3) is 4.25. The van der Waals surface area contributed by atoms with E-state index in [4.69, 9.17) is 10.5 Å². The van der Waals surface area contributed by atoms with Gasteiger partial charge in [0.15, 0.2) is 0 Å². The fraction of sp³-hybridized carbons (Fsp3) is 0.250. The van der Waals surface area contributed by atoms with Gasteiger partial charge in [0.05, 0.1) is 6.61 Å². The largest absolute Gasteiger partial charge is 0.492 e. The van der Waals surface area contributed by atoms with E-state index < -0.39 is 0 Å². The summed E-state index contributed by atoms with van der Waals surface area (Å²) in [4.78, 5) is 1.21. The number of hydrogen-bond acceptors (Lipinski definition) is 3. The lowest BCUT2D eigenvalue weighted by Crippen LogP contribution is -2.10. The molecule has 2 aromatic carbocycles. The predicted octanol–water partition coefficient (Wildman–Crippen LogP) is 4.02. The summed E-state index contributed by atoms with van der Waals surface area (Å²) in [6.07, 6.45) is 0. The van der Waals surface area contributed by atoms with Crippen molar-refractivity contribution in [1.82, 2.24) is 0 Å². The summed E-state index contributed by atoms with van der Waals surface area (Å²) in [5, 5.41) is 0. The van der Waals surface area contributed by atoms with Crippen LogP contribution in [0.4, 0.5) is 4.39 Å². The summed E-state index contributed by atoms with van der Waals surface area (Å²) < 4.78 is 18.9. The van der Waals surface area contributed by atoms with Crippen molar-refractivity contribution in [3.8, 4) is 5.75 Å². The van der Waals surface area contributed by atoms with Gasteiger partial charge < -0.3 is 10.5 Å². The molecule has 0 saturated heterocycles. The quantitative estimate of drug-likeness (QED) is 0.645. The Kier molecular flexibility index (Phi) is 5.44. The van der Waals surface area contributed by atoms with E-state index in [1.165, 1.54) is 17.0 Å². The third-order valence-electron chi connectivity index (χ3n) is 2.82. The zero-order valence-corrected chi connectivity index (χ0v) is 12.2. The first kappa shape index (κ1) is 14.9. The Morgan fingerprint density at radius 1 is 1.20 bits per heavy atom. The molecule has 0 heterocycles. The van der Waals surface area contributed by atoms with Crippen LogP contribution < -0.4 is 10.5 Å². The van der Waals surface area contributed by atoms with Crippen molar-refractivity contribution < 1.29 is 9.13 Å². The lowest BCUT2D eigenvalue weighted by Gasteiger charge is -2.14. The third-order valence-corrected chi connectivity index (χ3v) is 3.79. The number of rotatable bonds is 6. The second kappa shape index (κ2) is 7.31. The summed E-state index contributed by atoms with van der Waals surface area (Å²) in [6, 6.07) is 14.4. The van der Waals surface area contributed by atoms with Gasteiger partial charge in [-0.1, -0.05) is 18.2 Å². The van der Waals surface area contributed by atoms with E-state index in [-0.39, 0.29) is 11.9 Å². The Hall–Kier alpha value is -1.52. The van der Waals surface area contributed by atoms with Gasteiger partial charge in [0, 0.05) is 22.3 Å². The molecule has 0 bridgehead atoms. The normalized spacial score (nSPS) is 12.2. The van der Waals surface area contributed by atoms with Gasteiger partial charge in [-0.05, 0) is 37.3 Å². The van der Waals surface area contributed by atoms with Crippen LogP contribution in [0.1, 0.15) is 18.5 Å².